The van der Waals surface area contributed by atoms with E-state index in [0.717, 1.165) is 12.8 Å². The predicted molar refractivity (Wildman–Crippen MR) is 55.9 cm³/mol. The first-order chi connectivity index (χ1) is 6.71. The van der Waals surface area contributed by atoms with E-state index in [4.69, 9.17) is 5.26 Å². The van der Waals surface area contributed by atoms with Crippen LogP contribution in [0, 0.1) is 11.3 Å². The van der Waals surface area contributed by atoms with Gasteiger partial charge in [0.15, 0.2) is 5.82 Å². The monoisotopic (exact) mass is 192 g/mol. The molecular formula is C10H16N4. The Labute approximate surface area is 84.5 Å². The van der Waals surface area contributed by atoms with Crippen molar-refractivity contribution in [2.45, 2.75) is 32.7 Å². The minimum atomic E-state index is 0.400. The Balaban J connectivity index is 2.80. The summed E-state index contributed by atoms with van der Waals surface area (Å²) in [6.07, 6.45) is 3.81. The lowest BCUT2D eigenvalue weighted by Gasteiger charge is -2.13. The molecular weight excluding hydrogens is 176 g/mol. The van der Waals surface area contributed by atoms with E-state index in [-0.39, 0.29) is 0 Å². The van der Waals surface area contributed by atoms with Crippen molar-refractivity contribution in [2.24, 2.45) is 7.05 Å². The van der Waals surface area contributed by atoms with Crippen LogP contribution < -0.4 is 5.32 Å². The summed E-state index contributed by atoms with van der Waals surface area (Å²) in [7, 11) is 1.82. The number of nitriles is 1. The number of rotatable bonds is 4. The Kier molecular flexibility index (Phi) is 3.52. The largest absolute Gasteiger partial charge is 0.365 e. The molecule has 1 rings (SSSR count). The van der Waals surface area contributed by atoms with Crippen molar-refractivity contribution in [3.8, 4) is 6.07 Å². The van der Waals surface area contributed by atoms with Crippen molar-refractivity contribution < 1.29 is 0 Å². The van der Waals surface area contributed by atoms with Crippen LogP contribution in [-0.2, 0) is 7.05 Å². The van der Waals surface area contributed by atoms with Gasteiger partial charge in [0, 0.05) is 19.3 Å². The number of nitrogens with zero attached hydrogens (tertiary/aromatic N) is 3. The summed E-state index contributed by atoms with van der Waals surface area (Å²) in [5.41, 5.74) is 0.611. The van der Waals surface area contributed by atoms with Gasteiger partial charge in [0.2, 0.25) is 0 Å². The zero-order valence-corrected chi connectivity index (χ0v) is 8.91. The molecule has 4 nitrogen and oxygen atoms in total. The maximum Gasteiger partial charge on any atom is 0.166 e. The van der Waals surface area contributed by atoms with Gasteiger partial charge >= 0.3 is 0 Å². The summed E-state index contributed by atoms with van der Waals surface area (Å²) in [5, 5.41) is 16.3. The van der Waals surface area contributed by atoms with Gasteiger partial charge in [-0.15, -0.1) is 0 Å². The smallest absolute Gasteiger partial charge is 0.166 e. The number of nitrogens with one attached hydrogen (secondary N) is 1. The topological polar surface area (TPSA) is 53.6 Å². The first-order valence-corrected chi connectivity index (χ1v) is 4.91. The zero-order chi connectivity index (χ0) is 10.6. The lowest BCUT2D eigenvalue weighted by Crippen LogP contribution is -2.18. The number of aromatic nitrogens is 2. The van der Waals surface area contributed by atoms with Gasteiger partial charge in [0.25, 0.3) is 0 Å². The van der Waals surface area contributed by atoms with Crippen LogP contribution in [0.1, 0.15) is 32.3 Å². The molecule has 1 aromatic rings. The van der Waals surface area contributed by atoms with Crippen LogP contribution >= 0.6 is 0 Å². The van der Waals surface area contributed by atoms with Crippen LogP contribution in [0.25, 0.3) is 0 Å². The number of anilines is 1. The van der Waals surface area contributed by atoms with Crippen molar-refractivity contribution in [1.29, 1.82) is 5.26 Å². The highest BCUT2D eigenvalue weighted by Crippen LogP contribution is 2.14. The van der Waals surface area contributed by atoms with E-state index in [1.807, 2.05) is 7.05 Å². The third kappa shape index (κ3) is 2.25. The molecule has 0 spiro atoms. The Hall–Kier alpha value is -1.50. The minimum absolute atomic E-state index is 0.400. The molecule has 76 valence electrons. The fraction of sp³-hybridized carbons (Fsp3) is 0.600. The molecule has 1 heterocycles. The first-order valence-electron chi connectivity index (χ1n) is 4.91. The van der Waals surface area contributed by atoms with E-state index in [0.29, 0.717) is 17.4 Å². The van der Waals surface area contributed by atoms with Crippen molar-refractivity contribution in [3.05, 3.63) is 11.8 Å². The van der Waals surface area contributed by atoms with E-state index < -0.39 is 0 Å². The lowest BCUT2D eigenvalue weighted by atomic mass is 10.1. The third-order valence-electron chi connectivity index (χ3n) is 2.28. The van der Waals surface area contributed by atoms with Crippen LogP contribution in [0.5, 0.6) is 0 Å². The minimum Gasteiger partial charge on any atom is -0.365 e. The molecule has 0 aromatic carbocycles. The predicted octanol–water partition coefficient (Wildman–Crippen LogP) is 1.89. The molecule has 0 aliphatic rings. The third-order valence-corrected chi connectivity index (χ3v) is 2.28. The molecule has 0 saturated heterocycles. The molecule has 0 amide bonds. The second kappa shape index (κ2) is 4.66. The second-order valence-electron chi connectivity index (χ2n) is 3.33. The fourth-order valence-corrected chi connectivity index (χ4v) is 1.36. The van der Waals surface area contributed by atoms with Crippen molar-refractivity contribution in [3.63, 3.8) is 0 Å². The molecule has 1 N–H and O–H groups in total. The first kappa shape index (κ1) is 10.6. The van der Waals surface area contributed by atoms with Gasteiger partial charge < -0.3 is 5.32 Å². The van der Waals surface area contributed by atoms with Crippen molar-refractivity contribution >= 4 is 5.82 Å². The average molecular weight is 192 g/mol. The van der Waals surface area contributed by atoms with Gasteiger partial charge in [-0.25, -0.2) is 0 Å². The van der Waals surface area contributed by atoms with Crippen LogP contribution in [0.15, 0.2) is 6.20 Å². The van der Waals surface area contributed by atoms with Crippen LogP contribution in [0.2, 0.25) is 0 Å². The molecule has 0 unspecified atom stereocenters. The molecule has 1 aromatic heterocycles. The summed E-state index contributed by atoms with van der Waals surface area (Å²) in [5.74, 6) is 0.698. The standard InChI is InChI=1S/C10H16N4/c1-4-9(5-2)12-10-8(6-11)7-14(3)13-10/h7,9H,4-5H2,1-3H3,(H,12,13). The van der Waals surface area contributed by atoms with Crippen molar-refractivity contribution in [1.82, 2.24) is 9.78 Å². The normalized spacial score (nSPS) is 10.2. The number of hydrogen-bond acceptors (Lipinski definition) is 3. The highest BCUT2D eigenvalue weighted by atomic mass is 15.3. The number of hydrogen-bond donors (Lipinski definition) is 1. The zero-order valence-electron chi connectivity index (χ0n) is 8.91. The summed E-state index contributed by atoms with van der Waals surface area (Å²) in [4.78, 5) is 0. The Morgan fingerprint density at radius 1 is 1.57 bits per heavy atom. The Morgan fingerprint density at radius 2 is 2.21 bits per heavy atom. The van der Waals surface area contributed by atoms with Gasteiger partial charge in [-0.2, -0.15) is 10.4 Å². The second-order valence-corrected chi connectivity index (χ2v) is 3.33. The SMILES string of the molecule is CCC(CC)Nc1nn(C)cc1C#N. The Morgan fingerprint density at radius 3 is 2.71 bits per heavy atom. The molecule has 14 heavy (non-hydrogen) atoms. The highest BCUT2D eigenvalue weighted by molar-refractivity contribution is 5.51. The molecule has 0 radical (unpaired) electrons. The molecule has 0 saturated carbocycles. The van der Waals surface area contributed by atoms with E-state index >= 15 is 0 Å². The van der Waals surface area contributed by atoms with E-state index in [9.17, 15) is 0 Å². The molecule has 0 fully saturated rings. The van der Waals surface area contributed by atoms with E-state index in [1.54, 1.807) is 10.9 Å². The molecule has 4 heteroatoms. The highest BCUT2D eigenvalue weighted by Gasteiger charge is 2.10. The molecule has 0 aliphatic heterocycles. The van der Waals surface area contributed by atoms with Gasteiger partial charge in [0.05, 0.1) is 0 Å². The lowest BCUT2D eigenvalue weighted by molar-refractivity contribution is 0.663. The maximum absolute atomic E-state index is 8.85. The Bertz CT molecular complexity index is 330. The number of aryl methyl sites for hydroxylation is 1. The van der Waals surface area contributed by atoms with Gasteiger partial charge in [0.1, 0.15) is 11.6 Å². The summed E-state index contributed by atoms with van der Waals surface area (Å²) < 4.78 is 1.66. The maximum atomic E-state index is 8.85. The van der Waals surface area contributed by atoms with Crippen molar-refractivity contribution in [2.75, 3.05) is 5.32 Å². The van der Waals surface area contributed by atoms with E-state index in [1.165, 1.54) is 0 Å². The van der Waals surface area contributed by atoms with Crippen LogP contribution in [-0.4, -0.2) is 15.8 Å². The molecule has 0 aliphatic carbocycles. The summed E-state index contributed by atoms with van der Waals surface area (Å²) in [6, 6.07) is 2.52. The van der Waals surface area contributed by atoms with E-state index in [2.05, 4.69) is 30.3 Å². The van der Waals surface area contributed by atoms with Crippen LogP contribution in [0.4, 0.5) is 5.82 Å². The summed E-state index contributed by atoms with van der Waals surface area (Å²) >= 11 is 0. The quantitative estimate of drug-likeness (QED) is 0.792. The van der Waals surface area contributed by atoms with Gasteiger partial charge in [-0.05, 0) is 12.8 Å². The van der Waals surface area contributed by atoms with Crippen LogP contribution in [0.3, 0.4) is 0 Å². The summed E-state index contributed by atoms with van der Waals surface area (Å²) in [6.45, 7) is 4.24. The van der Waals surface area contributed by atoms with Gasteiger partial charge in [-0.3, -0.25) is 4.68 Å². The fourth-order valence-electron chi connectivity index (χ4n) is 1.36. The average Bonchev–Trinajstić information content (AvgIpc) is 2.55. The molecule has 0 atom stereocenters. The molecule has 0 bridgehead atoms. The van der Waals surface area contributed by atoms with Gasteiger partial charge in [-0.1, -0.05) is 13.8 Å².